The number of rotatable bonds is 5. The van der Waals surface area contributed by atoms with Gasteiger partial charge in [-0.15, -0.1) is 11.3 Å². The molecule has 0 aliphatic carbocycles. The number of hydrogen-bond acceptors (Lipinski definition) is 4. The number of benzene rings is 2. The van der Waals surface area contributed by atoms with Crippen LogP contribution in [0.1, 0.15) is 42.8 Å². The van der Waals surface area contributed by atoms with Gasteiger partial charge in [-0.3, -0.25) is 19.3 Å². The molecular weight excluding hydrogens is 372 g/mol. The molecule has 1 unspecified atom stereocenters. The molecule has 2 heterocycles. The fourth-order valence-corrected chi connectivity index (χ4v) is 4.07. The summed E-state index contributed by atoms with van der Waals surface area (Å²) in [6, 6.07) is 18.1. The van der Waals surface area contributed by atoms with E-state index in [1.807, 2.05) is 48.7 Å². The van der Waals surface area contributed by atoms with E-state index >= 15 is 0 Å². The first-order valence-corrected chi connectivity index (χ1v) is 9.77. The molecule has 140 valence electrons. The van der Waals surface area contributed by atoms with Crippen LogP contribution in [0, 0.1) is 6.92 Å². The molecule has 1 N–H and O–H groups in total. The van der Waals surface area contributed by atoms with Crippen LogP contribution >= 0.6 is 11.3 Å². The fraction of sp³-hybridized carbons (Fsp3) is 0.136. The zero-order valence-electron chi connectivity index (χ0n) is 15.2. The predicted octanol–water partition coefficient (Wildman–Crippen LogP) is 3.56. The van der Waals surface area contributed by atoms with Crippen LogP contribution in [-0.2, 0) is 4.79 Å². The third kappa shape index (κ3) is 3.34. The molecule has 0 bridgehead atoms. The lowest BCUT2D eigenvalue weighted by molar-refractivity contribution is -0.121. The lowest BCUT2D eigenvalue weighted by Gasteiger charge is -2.20. The van der Waals surface area contributed by atoms with Gasteiger partial charge in [-0.2, -0.15) is 0 Å². The van der Waals surface area contributed by atoms with Crippen molar-refractivity contribution in [3.8, 4) is 0 Å². The fourth-order valence-electron chi connectivity index (χ4n) is 3.27. The molecule has 5 nitrogen and oxygen atoms in total. The van der Waals surface area contributed by atoms with E-state index in [9.17, 15) is 14.4 Å². The van der Waals surface area contributed by atoms with E-state index in [0.29, 0.717) is 11.1 Å². The summed E-state index contributed by atoms with van der Waals surface area (Å²) >= 11 is 1.54. The van der Waals surface area contributed by atoms with Gasteiger partial charge in [0.25, 0.3) is 11.8 Å². The first-order chi connectivity index (χ1) is 13.5. The highest BCUT2D eigenvalue weighted by molar-refractivity contribution is 7.10. The van der Waals surface area contributed by atoms with Crippen molar-refractivity contribution in [2.24, 2.45) is 0 Å². The third-order valence-electron chi connectivity index (χ3n) is 4.72. The Hall–Kier alpha value is -3.25. The number of amides is 3. The van der Waals surface area contributed by atoms with Crippen LogP contribution in [0.25, 0.3) is 0 Å². The van der Waals surface area contributed by atoms with Crippen LogP contribution in [0.3, 0.4) is 0 Å². The molecule has 6 heteroatoms. The van der Waals surface area contributed by atoms with Gasteiger partial charge in [-0.1, -0.05) is 48.0 Å². The van der Waals surface area contributed by atoms with Crippen molar-refractivity contribution in [3.63, 3.8) is 0 Å². The number of fused-ring (bicyclic) bond motifs is 1. The van der Waals surface area contributed by atoms with E-state index in [4.69, 9.17) is 0 Å². The summed E-state index contributed by atoms with van der Waals surface area (Å²) in [5.41, 5.74) is 2.76. The average Bonchev–Trinajstić information content (AvgIpc) is 3.31. The molecule has 0 saturated carbocycles. The number of thiophene rings is 1. The van der Waals surface area contributed by atoms with E-state index < -0.39 is 11.8 Å². The van der Waals surface area contributed by atoms with Crippen molar-refractivity contribution in [1.82, 2.24) is 10.2 Å². The van der Waals surface area contributed by atoms with Crippen molar-refractivity contribution in [2.45, 2.75) is 13.0 Å². The topological polar surface area (TPSA) is 66.5 Å². The molecule has 2 aromatic carbocycles. The van der Waals surface area contributed by atoms with Gasteiger partial charge in [-0.25, -0.2) is 0 Å². The lowest BCUT2D eigenvalue weighted by Crippen LogP contribution is -2.41. The van der Waals surface area contributed by atoms with E-state index in [1.165, 1.54) is 0 Å². The van der Waals surface area contributed by atoms with Crippen molar-refractivity contribution >= 4 is 29.1 Å². The Labute approximate surface area is 166 Å². The van der Waals surface area contributed by atoms with Crippen molar-refractivity contribution in [1.29, 1.82) is 0 Å². The van der Waals surface area contributed by atoms with Crippen LogP contribution < -0.4 is 5.32 Å². The number of nitrogens with one attached hydrogen (secondary N) is 1. The molecule has 3 amide bonds. The second-order valence-corrected chi connectivity index (χ2v) is 7.65. The van der Waals surface area contributed by atoms with Gasteiger partial charge in [0.2, 0.25) is 5.91 Å². The zero-order valence-corrected chi connectivity index (χ0v) is 16.0. The maximum absolute atomic E-state index is 12.7. The summed E-state index contributed by atoms with van der Waals surface area (Å²) in [6.07, 6.45) is 0. The number of imide groups is 1. The molecule has 0 fully saturated rings. The number of carbonyl (C=O) groups excluding carboxylic acids is 3. The molecule has 1 aliphatic heterocycles. The number of nitrogens with zero attached hydrogens (tertiary/aromatic N) is 1. The lowest BCUT2D eigenvalue weighted by atomic mass is 10.0. The predicted molar refractivity (Wildman–Crippen MR) is 107 cm³/mol. The Morgan fingerprint density at radius 3 is 2.18 bits per heavy atom. The monoisotopic (exact) mass is 390 g/mol. The minimum atomic E-state index is -0.432. The van der Waals surface area contributed by atoms with Crippen LogP contribution in [0.15, 0.2) is 66.0 Å². The first-order valence-electron chi connectivity index (χ1n) is 8.89. The van der Waals surface area contributed by atoms with Gasteiger partial charge in [0.1, 0.15) is 6.54 Å². The summed E-state index contributed by atoms with van der Waals surface area (Å²) in [5, 5.41) is 4.93. The number of aryl methyl sites for hydroxylation is 1. The first kappa shape index (κ1) is 18.1. The highest BCUT2D eigenvalue weighted by atomic mass is 32.1. The SMILES string of the molecule is Cc1ccc(C(NC(=O)CN2C(=O)c3ccccc3C2=O)c2cccs2)cc1. The molecular formula is C22H18N2O3S. The average molecular weight is 390 g/mol. The van der Waals surface area contributed by atoms with Crippen molar-refractivity contribution in [3.05, 3.63) is 93.2 Å². The van der Waals surface area contributed by atoms with Crippen LogP contribution in [0.5, 0.6) is 0 Å². The normalized spacial score (nSPS) is 14.1. The summed E-state index contributed by atoms with van der Waals surface area (Å²) in [5.74, 6) is -1.24. The Morgan fingerprint density at radius 2 is 1.61 bits per heavy atom. The Balaban J connectivity index is 1.54. The quantitative estimate of drug-likeness (QED) is 0.678. The van der Waals surface area contributed by atoms with E-state index in [0.717, 1.165) is 20.9 Å². The summed E-state index contributed by atoms with van der Waals surface area (Å²) in [7, 11) is 0. The second-order valence-electron chi connectivity index (χ2n) is 6.67. The van der Waals surface area contributed by atoms with E-state index in [-0.39, 0.29) is 18.5 Å². The molecule has 1 aromatic heterocycles. The molecule has 0 saturated heterocycles. The molecule has 0 spiro atoms. The minimum absolute atomic E-state index is 0.305. The Bertz CT molecular complexity index is 1010. The molecule has 0 radical (unpaired) electrons. The third-order valence-corrected chi connectivity index (χ3v) is 5.66. The zero-order chi connectivity index (χ0) is 19.7. The van der Waals surface area contributed by atoms with E-state index in [2.05, 4.69) is 5.32 Å². The van der Waals surface area contributed by atoms with E-state index in [1.54, 1.807) is 35.6 Å². The molecule has 1 atom stereocenters. The summed E-state index contributed by atoms with van der Waals surface area (Å²) in [6.45, 7) is 1.70. The number of carbonyl (C=O) groups is 3. The highest BCUT2D eigenvalue weighted by Gasteiger charge is 2.36. The van der Waals surface area contributed by atoms with Crippen LogP contribution in [0.4, 0.5) is 0 Å². The van der Waals surface area contributed by atoms with Gasteiger partial charge in [0.05, 0.1) is 17.2 Å². The Morgan fingerprint density at radius 1 is 0.964 bits per heavy atom. The maximum atomic E-state index is 12.7. The number of hydrogen-bond donors (Lipinski definition) is 1. The second kappa shape index (κ2) is 7.40. The van der Waals surface area contributed by atoms with Gasteiger partial charge in [0.15, 0.2) is 0 Å². The molecule has 28 heavy (non-hydrogen) atoms. The van der Waals surface area contributed by atoms with Crippen molar-refractivity contribution in [2.75, 3.05) is 6.54 Å². The molecule has 4 rings (SSSR count). The van der Waals surface area contributed by atoms with Crippen LogP contribution in [-0.4, -0.2) is 29.2 Å². The van der Waals surface area contributed by atoms with Gasteiger partial charge < -0.3 is 5.32 Å². The largest absolute Gasteiger partial charge is 0.343 e. The highest BCUT2D eigenvalue weighted by Crippen LogP contribution is 2.27. The van der Waals surface area contributed by atoms with Crippen molar-refractivity contribution < 1.29 is 14.4 Å². The van der Waals surface area contributed by atoms with Gasteiger partial charge >= 0.3 is 0 Å². The van der Waals surface area contributed by atoms with Gasteiger partial charge in [-0.05, 0) is 36.1 Å². The molecule has 3 aromatic rings. The standard InChI is InChI=1S/C22H18N2O3S/c1-14-8-10-15(11-9-14)20(18-7-4-12-28-18)23-19(25)13-24-21(26)16-5-2-3-6-17(16)22(24)27/h2-12,20H,13H2,1H3,(H,23,25). The maximum Gasteiger partial charge on any atom is 0.262 e. The Kier molecular flexibility index (Phi) is 4.79. The smallest absolute Gasteiger partial charge is 0.262 e. The molecule has 1 aliphatic rings. The van der Waals surface area contributed by atoms with Gasteiger partial charge in [0, 0.05) is 4.88 Å². The minimum Gasteiger partial charge on any atom is -0.343 e. The summed E-state index contributed by atoms with van der Waals surface area (Å²) < 4.78 is 0. The van der Waals surface area contributed by atoms with Crippen LogP contribution in [0.2, 0.25) is 0 Å². The summed E-state index contributed by atoms with van der Waals surface area (Å²) in [4.78, 5) is 39.7.